The van der Waals surface area contributed by atoms with Crippen LogP contribution in [0.5, 0.6) is 0 Å². The lowest BCUT2D eigenvalue weighted by Gasteiger charge is -2.45. The first-order valence-electron chi connectivity index (χ1n) is 11.8. The number of hydrogen-bond donors (Lipinski definition) is 0. The molecule has 0 amide bonds. The van der Waals surface area contributed by atoms with E-state index in [1.807, 2.05) is 18.2 Å². The van der Waals surface area contributed by atoms with Crippen LogP contribution in [0.2, 0.25) is 12.1 Å². The van der Waals surface area contributed by atoms with Crippen molar-refractivity contribution in [3.05, 3.63) is 120 Å². The maximum Gasteiger partial charge on any atom is 0.308 e. The number of rotatable bonds is 6. The minimum Gasteiger partial charge on any atom is -0.469 e. The van der Waals surface area contributed by atoms with Crippen LogP contribution in [0.25, 0.3) is 0 Å². The Bertz CT molecular complexity index is 1020. The summed E-state index contributed by atoms with van der Waals surface area (Å²) in [5.74, 6) is -0.0571. The SMILES string of the molecule is C[Si]1(COC(c2ccccc2)(c2ccccc2)c2ccccc2)COC(=O)C2CCC=CC21. The van der Waals surface area contributed by atoms with Gasteiger partial charge >= 0.3 is 5.97 Å². The largest absolute Gasteiger partial charge is 0.469 e. The van der Waals surface area contributed by atoms with Crippen molar-refractivity contribution in [1.29, 1.82) is 0 Å². The van der Waals surface area contributed by atoms with E-state index in [9.17, 15) is 4.79 Å². The Morgan fingerprint density at radius 1 is 0.879 bits per heavy atom. The molecule has 1 aliphatic carbocycles. The number of esters is 1. The van der Waals surface area contributed by atoms with Gasteiger partial charge in [-0.1, -0.05) is 110 Å². The van der Waals surface area contributed by atoms with Gasteiger partial charge in [0.05, 0.1) is 12.1 Å². The van der Waals surface area contributed by atoms with E-state index in [-0.39, 0.29) is 17.4 Å². The summed E-state index contributed by atoms with van der Waals surface area (Å²) in [6, 6.07) is 31.4. The highest BCUT2D eigenvalue weighted by atomic mass is 28.3. The molecule has 3 nitrogen and oxygen atoms in total. The first-order chi connectivity index (χ1) is 16.1. The number of allylic oxidation sites excluding steroid dienone is 2. The van der Waals surface area contributed by atoms with Crippen LogP contribution in [0.1, 0.15) is 29.5 Å². The number of carbonyl (C=O) groups excluding carboxylic acids is 1. The van der Waals surface area contributed by atoms with Crippen LogP contribution in [0.4, 0.5) is 0 Å². The highest BCUT2D eigenvalue weighted by Crippen LogP contribution is 2.45. The number of carbonyl (C=O) groups is 1. The van der Waals surface area contributed by atoms with E-state index in [0.717, 1.165) is 29.5 Å². The molecule has 0 saturated carbocycles. The minimum atomic E-state index is -2.10. The summed E-state index contributed by atoms with van der Waals surface area (Å²) in [6.45, 7) is 2.33. The van der Waals surface area contributed by atoms with Crippen LogP contribution in [-0.4, -0.2) is 26.5 Å². The number of benzene rings is 3. The van der Waals surface area contributed by atoms with Crippen LogP contribution in [0, 0.1) is 5.92 Å². The Kier molecular flexibility index (Phi) is 6.05. The Labute approximate surface area is 197 Å². The molecular formula is C29H30O3Si. The molecule has 0 bridgehead atoms. The zero-order chi connectivity index (χ0) is 22.7. The quantitative estimate of drug-likeness (QED) is 0.197. The topological polar surface area (TPSA) is 35.5 Å². The fraction of sp³-hybridized carbons (Fsp3) is 0.276. The molecule has 1 saturated heterocycles. The molecule has 1 heterocycles. The Morgan fingerprint density at radius 3 is 1.91 bits per heavy atom. The van der Waals surface area contributed by atoms with E-state index in [4.69, 9.17) is 9.47 Å². The molecule has 4 heteroatoms. The average Bonchev–Trinajstić information content (AvgIpc) is 2.89. The summed E-state index contributed by atoms with van der Waals surface area (Å²) >= 11 is 0. The lowest BCUT2D eigenvalue weighted by atomic mass is 9.80. The molecule has 0 N–H and O–H groups in total. The van der Waals surface area contributed by atoms with E-state index in [0.29, 0.717) is 12.5 Å². The smallest absolute Gasteiger partial charge is 0.308 e. The maximum absolute atomic E-state index is 12.5. The Balaban J connectivity index is 1.60. The molecule has 0 radical (unpaired) electrons. The molecule has 0 spiro atoms. The third-order valence-corrected chi connectivity index (χ3v) is 11.0. The lowest BCUT2D eigenvalue weighted by molar-refractivity contribution is -0.148. The molecule has 0 aromatic heterocycles. The van der Waals surface area contributed by atoms with Crippen molar-refractivity contribution in [2.75, 3.05) is 12.5 Å². The van der Waals surface area contributed by atoms with Gasteiger partial charge in [-0.3, -0.25) is 4.79 Å². The number of ether oxygens (including phenoxy) is 2. The van der Waals surface area contributed by atoms with E-state index < -0.39 is 13.7 Å². The molecule has 1 fully saturated rings. The van der Waals surface area contributed by atoms with Gasteiger partial charge in [0.15, 0.2) is 0 Å². The predicted octanol–water partition coefficient (Wildman–Crippen LogP) is 6.05. The summed E-state index contributed by atoms with van der Waals surface area (Å²) in [4.78, 5) is 12.5. The van der Waals surface area contributed by atoms with Gasteiger partial charge in [0.2, 0.25) is 0 Å². The van der Waals surface area contributed by atoms with Crippen molar-refractivity contribution in [3.8, 4) is 0 Å². The molecule has 33 heavy (non-hydrogen) atoms. The fourth-order valence-electron chi connectivity index (χ4n) is 5.43. The van der Waals surface area contributed by atoms with E-state index in [1.165, 1.54) is 0 Å². The molecular weight excluding hydrogens is 424 g/mol. The van der Waals surface area contributed by atoms with Crippen molar-refractivity contribution in [2.24, 2.45) is 5.92 Å². The number of hydrogen-bond acceptors (Lipinski definition) is 3. The van der Waals surface area contributed by atoms with Crippen LogP contribution in [0.3, 0.4) is 0 Å². The first-order valence-corrected chi connectivity index (χ1v) is 14.8. The fourth-order valence-corrected chi connectivity index (χ4v) is 8.79. The second kappa shape index (κ2) is 9.12. The third kappa shape index (κ3) is 3.98. The summed E-state index contributed by atoms with van der Waals surface area (Å²) in [5.41, 5.74) is 2.82. The van der Waals surface area contributed by atoms with E-state index in [2.05, 4.69) is 91.5 Å². The van der Waals surface area contributed by atoms with Gasteiger partial charge in [-0.05, 0) is 35.1 Å². The van der Waals surface area contributed by atoms with E-state index in [1.54, 1.807) is 0 Å². The second-order valence-corrected chi connectivity index (χ2v) is 14.0. The normalized spacial score (nSPS) is 24.7. The van der Waals surface area contributed by atoms with Gasteiger partial charge in [-0.15, -0.1) is 0 Å². The lowest BCUT2D eigenvalue weighted by Crippen LogP contribution is -2.56. The predicted molar refractivity (Wildman–Crippen MR) is 133 cm³/mol. The van der Waals surface area contributed by atoms with Crippen molar-refractivity contribution in [2.45, 2.75) is 30.5 Å². The highest BCUT2D eigenvalue weighted by molar-refractivity contribution is 6.81. The van der Waals surface area contributed by atoms with E-state index >= 15 is 0 Å². The van der Waals surface area contributed by atoms with Crippen molar-refractivity contribution in [1.82, 2.24) is 0 Å². The Hall–Kier alpha value is -2.95. The molecule has 3 aromatic rings. The molecule has 3 unspecified atom stereocenters. The molecule has 3 aromatic carbocycles. The van der Waals surface area contributed by atoms with Gasteiger partial charge < -0.3 is 9.47 Å². The molecule has 2 aliphatic rings. The number of cyclic esters (lactones) is 1. The zero-order valence-corrected chi connectivity index (χ0v) is 20.0. The van der Waals surface area contributed by atoms with Crippen molar-refractivity contribution in [3.63, 3.8) is 0 Å². The van der Waals surface area contributed by atoms with Gasteiger partial charge in [0.1, 0.15) is 13.7 Å². The average molecular weight is 455 g/mol. The summed E-state index contributed by atoms with van der Waals surface area (Å²) in [6.07, 6.45) is 7.45. The maximum atomic E-state index is 12.5. The van der Waals surface area contributed by atoms with Gasteiger partial charge in [0.25, 0.3) is 0 Å². The van der Waals surface area contributed by atoms with Gasteiger partial charge in [0, 0.05) is 6.23 Å². The summed E-state index contributed by atoms with van der Waals surface area (Å²) in [5, 5.41) is 0. The highest BCUT2D eigenvalue weighted by Gasteiger charge is 2.51. The van der Waals surface area contributed by atoms with Gasteiger partial charge in [-0.25, -0.2) is 0 Å². The number of fused-ring (bicyclic) bond motifs is 1. The summed E-state index contributed by atoms with van der Waals surface area (Å²) in [7, 11) is -2.10. The van der Waals surface area contributed by atoms with Crippen LogP contribution < -0.4 is 0 Å². The van der Waals surface area contributed by atoms with Crippen molar-refractivity contribution < 1.29 is 14.3 Å². The molecule has 3 atom stereocenters. The second-order valence-electron chi connectivity index (χ2n) is 9.47. The molecule has 1 aliphatic heterocycles. The standard InChI is InChI=1S/C29H30O3Si/c1-33(21-31-28(30)26-19-11-12-20-27(26)33)22-32-29(23-13-5-2-6-14-23,24-15-7-3-8-16-24)25-17-9-4-10-18-25/h2-10,12-18,20,26-27H,11,19,21-22H2,1H3. The third-order valence-electron chi connectivity index (χ3n) is 7.23. The zero-order valence-electron chi connectivity index (χ0n) is 19.0. The van der Waals surface area contributed by atoms with Crippen LogP contribution >= 0.6 is 0 Å². The molecule has 168 valence electrons. The first kappa shape index (κ1) is 21.9. The van der Waals surface area contributed by atoms with Crippen LogP contribution in [-0.2, 0) is 19.9 Å². The Morgan fingerprint density at radius 2 is 1.39 bits per heavy atom. The van der Waals surface area contributed by atoms with Crippen LogP contribution in [0.15, 0.2) is 103 Å². The van der Waals surface area contributed by atoms with Gasteiger partial charge in [-0.2, -0.15) is 0 Å². The monoisotopic (exact) mass is 454 g/mol. The molecule has 5 rings (SSSR count). The minimum absolute atomic E-state index is 0.0245. The summed E-state index contributed by atoms with van der Waals surface area (Å²) < 4.78 is 12.9. The van der Waals surface area contributed by atoms with Crippen molar-refractivity contribution >= 4 is 14.0 Å².